The molecule has 1 N–H and O–H groups in total. The Morgan fingerprint density at radius 1 is 1.35 bits per heavy atom. The van der Waals surface area contributed by atoms with Crippen LogP contribution in [0.1, 0.15) is 36.8 Å². The molecule has 0 aliphatic carbocycles. The normalized spacial score (nSPS) is 20.9. The molecule has 23 heavy (non-hydrogen) atoms. The summed E-state index contributed by atoms with van der Waals surface area (Å²) in [6.45, 7) is 4.98. The number of amides is 1. The fourth-order valence-electron chi connectivity index (χ4n) is 3.49. The summed E-state index contributed by atoms with van der Waals surface area (Å²) in [5.41, 5.74) is 2.19. The van der Waals surface area contributed by atoms with Gasteiger partial charge in [-0.3, -0.25) is 9.36 Å². The van der Waals surface area contributed by atoms with Crippen LogP contribution < -0.4 is 5.69 Å². The van der Waals surface area contributed by atoms with E-state index in [-0.39, 0.29) is 24.2 Å². The molecule has 0 spiro atoms. The van der Waals surface area contributed by atoms with E-state index in [0.717, 1.165) is 19.4 Å². The monoisotopic (exact) mass is 314 g/mol. The van der Waals surface area contributed by atoms with Gasteiger partial charge in [-0.25, -0.2) is 9.89 Å². The zero-order valence-electron chi connectivity index (χ0n) is 13.5. The molecular weight excluding hydrogens is 292 g/mol. The van der Waals surface area contributed by atoms with Crippen LogP contribution in [0.25, 0.3) is 0 Å². The largest absolute Gasteiger partial charge is 0.343 e. The molecule has 6 nitrogen and oxygen atoms in total. The number of aryl methyl sites for hydroxylation is 1. The number of rotatable bonds is 4. The van der Waals surface area contributed by atoms with Crippen molar-refractivity contribution in [2.24, 2.45) is 0 Å². The zero-order valence-corrected chi connectivity index (χ0v) is 13.5. The molecule has 0 saturated carbocycles. The lowest BCUT2D eigenvalue weighted by molar-refractivity contribution is -0.132. The van der Waals surface area contributed by atoms with Gasteiger partial charge in [-0.2, -0.15) is 5.10 Å². The summed E-state index contributed by atoms with van der Waals surface area (Å²) in [6.07, 6.45) is 3.24. The highest BCUT2D eigenvalue weighted by atomic mass is 16.2. The van der Waals surface area contributed by atoms with Crippen molar-refractivity contribution >= 4 is 5.91 Å². The number of H-pyrrole nitrogens is 1. The summed E-state index contributed by atoms with van der Waals surface area (Å²) in [5.74, 6) is 0.348. The number of nitrogens with one attached hydrogen (secondary N) is 1. The van der Waals surface area contributed by atoms with Gasteiger partial charge in [0.15, 0.2) is 0 Å². The van der Waals surface area contributed by atoms with E-state index in [1.165, 1.54) is 22.0 Å². The molecule has 0 bridgehead atoms. The van der Waals surface area contributed by atoms with Crippen LogP contribution in [0.3, 0.4) is 0 Å². The third-order valence-corrected chi connectivity index (χ3v) is 4.71. The highest BCUT2D eigenvalue weighted by Crippen LogP contribution is 2.35. The quantitative estimate of drug-likeness (QED) is 0.933. The van der Waals surface area contributed by atoms with Gasteiger partial charge in [0, 0.05) is 18.5 Å². The van der Waals surface area contributed by atoms with Gasteiger partial charge < -0.3 is 4.90 Å². The molecule has 2 atom stereocenters. The van der Waals surface area contributed by atoms with Crippen LogP contribution in [-0.2, 0) is 11.3 Å². The maximum atomic E-state index is 12.6. The highest BCUT2D eigenvalue weighted by molar-refractivity contribution is 5.77. The molecule has 1 saturated heterocycles. The molecule has 0 radical (unpaired) electrons. The lowest BCUT2D eigenvalue weighted by atomic mass is 9.90. The van der Waals surface area contributed by atoms with Gasteiger partial charge in [0.05, 0.1) is 0 Å². The fraction of sp³-hybridized carbons (Fsp3) is 0.471. The molecule has 3 rings (SSSR count). The number of carbonyl (C=O) groups is 1. The summed E-state index contributed by atoms with van der Waals surface area (Å²) in [5, 5.41) is 5.98. The predicted molar refractivity (Wildman–Crippen MR) is 87.2 cm³/mol. The van der Waals surface area contributed by atoms with E-state index in [2.05, 4.69) is 48.3 Å². The Morgan fingerprint density at radius 2 is 2.09 bits per heavy atom. The van der Waals surface area contributed by atoms with Gasteiger partial charge in [-0.05, 0) is 25.3 Å². The molecule has 6 heteroatoms. The van der Waals surface area contributed by atoms with Crippen LogP contribution in [0.2, 0.25) is 0 Å². The molecule has 0 unspecified atom stereocenters. The van der Waals surface area contributed by atoms with Crippen molar-refractivity contribution in [1.29, 1.82) is 0 Å². The summed E-state index contributed by atoms with van der Waals surface area (Å²) < 4.78 is 1.31. The molecule has 1 aliphatic heterocycles. The molecule has 122 valence electrons. The summed E-state index contributed by atoms with van der Waals surface area (Å²) >= 11 is 0. The standard InChI is InChI=1S/C17H22N4O2/c1-3-15-14(13-6-4-12(2)5-7-13)8-9-21(15)16(22)10-20-11-18-19-17(20)23/h4-7,11,14-15H,3,8-10H2,1-2H3,(H,19,23)/t14-,15-/m0/s1. The zero-order chi connectivity index (χ0) is 16.4. The second-order valence-electron chi connectivity index (χ2n) is 6.16. The van der Waals surface area contributed by atoms with Crippen LogP contribution >= 0.6 is 0 Å². The number of carbonyl (C=O) groups excluding carboxylic acids is 1. The Kier molecular flexibility index (Phi) is 4.32. The van der Waals surface area contributed by atoms with E-state index >= 15 is 0 Å². The maximum absolute atomic E-state index is 12.6. The Bertz CT molecular complexity index is 732. The molecule has 1 fully saturated rings. The van der Waals surface area contributed by atoms with Gasteiger partial charge in [0.25, 0.3) is 0 Å². The molecule has 1 amide bonds. The Morgan fingerprint density at radius 3 is 2.70 bits per heavy atom. The number of likely N-dealkylation sites (tertiary alicyclic amines) is 1. The average molecular weight is 314 g/mol. The second-order valence-corrected chi connectivity index (χ2v) is 6.16. The third-order valence-electron chi connectivity index (χ3n) is 4.71. The maximum Gasteiger partial charge on any atom is 0.343 e. The van der Waals surface area contributed by atoms with Gasteiger partial charge in [0.2, 0.25) is 5.91 Å². The first-order valence-corrected chi connectivity index (χ1v) is 8.06. The minimum absolute atomic E-state index is 0.0186. The fourth-order valence-corrected chi connectivity index (χ4v) is 3.49. The van der Waals surface area contributed by atoms with Crippen LogP contribution in [0, 0.1) is 6.92 Å². The van der Waals surface area contributed by atoms with Crippen molar-refractivity contribution in [3.05, 3.63) is 52.2 Å². The number of aromatic nitrogens is 3. The van der Waals surface area contributed by atoms with Crippen molar-refractivity contribution in [3.63, 3.8) is 0 Å². The van der Waals surface area contributed by atoms with Crippen molar-refractivity contribution in [2.45, 2.75) is 45.2 Å². The Labute approximate surface area is 135 Å². The van der Waals surface area contributed by atoms with Crippen molar-refractivity contribution in [3.8, 4) is 0 Å². The Hall–Kier alpha value is -2.37. The van der Waals surface area contributed by atoms with E-state index in [1.807, 2.05) is 4.90 Å². The van der Waals surface area contributed by atoms with Crippen LogP contribution in [0.15, 0.2) is 35.4 Å². The molecule has 1 aliphatic rings. The summed E-state index contributed by atoms with van der Waals surface area (Å²) in [6, 6.07) is 8.76. The summed E-state index contributed by atoms with van der Waals surface area (Å²) in [7, 11) is 0. The molecular formula is C17H22N4O2. The SMILES string of the molecule is CC[C@H]1[C@H](c2ccc(C)cc2)CCN1C(=O)Cn1cn[nH]c1=O. The van der Waals surface area contributed by atoms with E-state index in [1.54, 1.807) is 0 Å². The smallest absolute Gasteiger partial charge is 0.338 e. The first kappa shape index (κ1) is 15.5. The van der Waals surface area contributed by atoms with Gasteiger partial charge in [0.1, 0.15) is 12.9 Å². The van der Waals surface area contributed by atoms with E-state index < -0.39 is 0 Å². The molecule has 1 aromatic heterocycles. The average Bonchev–Trinajstić information content (AvgIpc) is 3.14. The van der Waals surface area contributed by atoms with Gasteiger partial charge in [-0.1, -0.05) is 36.8 Å². The topological polar surface area (TPSA) is 71.0 Å². The third kappa shape index (κ3) is 3.06. The van der Waals surface area contributed by atoms with Crippen molar-refractivity contribution < 1.29 is 4.79 Å². The van der Waals surface area contributed by atoms with Crippen LogP contribution in [-0.4, -0.2) is 38.2 Å². The number of aromatic amines is 1. The van der Waals surface area contributed by atoms with Crippen LogP contribution in [0.4, 0.5) is 0 Å². The van der Waals surface area contributed by atoms with Gasteiger partial charge >= 0.3 is 5.69 Å². The number of nitrogens with zero attached hydrogens (tertiary/aromatic N) is 3. The van der Waals surface area contributed by atoms with Crippen molar-refractivity contribution in [1.82, 2.24) is 19.7 Å². The van der Waals surface area contributed by atoms with Gasteiger partial charge in [-0.15, -0.1) is 0 Å². The first-order valence-electron chi connectivity index (χ1n) is 8.06. The number of hydrogen-bond donors (Lipinski definition) is 1. The van der Waals surface area contributed by atoms with E-state index in [0.29, 0.717) is 5.92 Å². The van der Waals surface area contributed by atoms with E-state index in [9.17, 15) is 9.59 Å². The van der Waals surface area contributed by atoms with Crippen LogP contribution in [0.5, 0.6) is 0 Å². The molecule has 2 aromatic rings. The lowest BCUT2D eigenvalue weighted by Gasteiger charge is -2.27. The highest BCUT2D eigenvalue weighted by Gasteiger charge is 2.36. The second kappa shape index (κ2) is 6.40. The Balaban J connectivity index is 1.76. The number of hydrogen-bond acceptors (Lipinski definition) is 3. The predicted octanol–water partition coefficient (Wildman–Crippen LogP) is 1.67. The minimum Gasteiger partial charge on any atom is -0.338 e. The summed E-state index contributed by atoms with van der Waals surface area (Å²) in [4.78, 5) is 26.0. The molecule has 1 aromatic carbocycles. The molecule has 2 heterocycles. The lowest BCUT2D eigenvalue weighted by Crippen LogP contribution is -2.40. The van der Waals surface area contributed by atoms with Crippen molar-refractivity contribution in [2.75, 3.05) is 6.54 Å². The number of benzene rings is 1. The van der Waals surface area contributed by atoms with E-state index in [4.69, 9.17) is 0 Å². The first-order chi connectivity index (χ1) is 11.1. The minimum atomic E-state index is -0.347.